The van der Waals surface area contributed by atoms with Crippen LogP contribution in [0, 0.1) is 35.0 Å². The maximum Gasteiger partial charge on any atom is 0.223 e. The Bertz CT molecular complexity index is 579. The molecule has 0 aromatic heterocycles. The number of nitrogens with one attached hydrogen (secondary N) is 2. The molecule has 3 aliphatic carbocycles. The van der Waals surface area contributed by atoms with Crippen molar-refractivity contribution in [1.82, 2.24) is 10.6 Å². The van der Waals surface area contributed by atoms with E-state index >= 15 is 0 Å². The summed E-state index contributed by atoms with van der Waals surface area (Å²) < 4.78 is 5.00. The van der Waals surface area contributed by atoms with E-state index in [0.29, 0.717) is 13.2 Å². The number of rotatable bonds is 7. The topological polar surface area (TPSA) is 87.7 Å². The zero-order chi connectivity index (χ0) is 20.5. The summed E-state index contributed by atoms with van der Waals surface area (Å²) >= 11 is 0. The maximum atomic E-state index is 12.5. The quantitative estimate of drug-likeness (QED) is 0.577. The third kappa shape index (κ3) is 4.38. The van der Waals surface area contributed by atoms with Crippen molar-refractivity contribution in [3.8, 4) is 0 Å². The molecule has 2 amide bonds. The fourth-order valence-electron chi connectivity index (χ4n) is 5.78. The number of methoxy groups -OCH3 is 1. The van der Waals surface area contributed by atoms with Crippen LogP contribution in [-0.2, 0) is 14.3 Å². The van der Waals surface area contributed by atoms with Gasteiger partial charge < -0.3 is 20.5 Å². The predicted molar refractivity (Wildman–Crippen MR) is 107 cm³/mol. The minimum absolute atomic E-state index is 0.00764. The molecule has 6 heteroatoms. The van der Waals surface area contributed by atoms with Gasteiger partial charge in [-0.3, -0.25) is 9.59 Å². The highest BCUT2D eigenvalue weighted by atomic mass is 16.5. The van der Waals surface area contributed by atoms with E-state index in [2.05, 4.69) is 24.5 Å². The lowest BCUT2D eigenvalue weighted by Gasteiger charge is -2.56. The van der Waals surface area contributed by atoms with Crippen molar-refractivity contribution in [3.63, 3.8) is 0 Å². The second kappa shape index (κ2) is 8.70. The average Bonchev–Trinajstić information content (AvgIpc) is 3.49. The first kappa shape index (κ1) is 21.6. The van der Waals surface area contributed by atoms with Crippen molar-refractivity contribution in [2.45, 2.75) is 71.4 Å². The number of carbonyl (C=O) groups is 2. The van der Waals surface area contributed by atoms with E-state index in [1.807, 2.05) is 6.92 Å². The normalized spacial score (nSPS) is 39.0. The van der Waals surface area contributed by atoms with Crippen LogP contribution in [0.5, 0.6) is 0 Å². The lowest BCUT2D eigenvalue weighted by molar-refractivity contribution is -0.144. The number of aliphatic hydroxyl groups is 1. The van der Waals surface area contributed by atoms with Crippen molar-refractivity contribution >= 4 is 11.8 Å². The first-order valence-electron chi connectivity index (χ1n) is 11.0. The highest BCUT2D eigenvalue weighted by Gasteiger charge is 2.54. The molecular weight excluding hydrogens is 356 g/mol. The van der Waals surface area contributed by atoms with Gasteiger partial charge in [-0.25, -0.2) is 0 Å². The van der Waals surface area contributed by atoms with Gasteiger partial charge in [0.25, 0.3) is 0 Å². The third-order valence-electron chi connectivity index (χ3n) is 7.82. The summed E-state index contributed by atoms with van der Waals surface area (Å²) in [6, 6.07) is 0.130. The maximum absolute atomic E-state index is 12.5. The van der Waals surface area contributed by atoms with Crippen molar-refractivity contribution < 1.29 is 19.4 Å². The van der Waals surface area contributed by atoms with Crippen molar-refractivity contribution in [2.75, 3.05) is 20.3 Å². The van der Waals surface area contributed by atoms with E-state index in [4.69, 9.17) is 4.74 Å². The number of hydrogen-bond acceptors (Lipinski definition) is 4. The summed E-state index contributed by atoms with van der Waals surface area (Å²) in [6.07, 6.45) is 5.41. The molecule has 0 heterocycles. The number of fused-ring (bicyclic) bond motifs is 1. The molecule has 0 unspecified atom stereocenters. The molecule has 0 aliphatic heterocycles. The summed E-state index contributed by atoms with van der Waals surface area (Å²) in [6.45, 7) is 7.38. The summed E-state index contributed by atoms with van der Waals surface area (Å²) in [5.41, 5.74) is 0.0857. The van der Waals surface area contributed by atoms with Gasteiger partial charge in [0.15, 0.2) is 0 Å². The van der Waals surface area contributed by atoms with Crippen LogP contribution in [0.15, 0.2) is 0 Å². The van der Waals surface area contributed by atoms with Crippen LogP contribution in [0.4, 0.5) is 0 Å². The van der Waals surface area contributed by atoms with Crippen LogP contribution in [0.2, 0.25) is 0 Å². The summed E-state index contributed by atoms with van der Waals surface area (Å²) in [4.78, 5) is 24.8. The lowest BCUT2D eigenvalue weighted by atomic mass is 9.51. The molecule has 3 fully saturated rings. The Morgan fingerprint density at radius 2 is 1.89 bits per heavy atom. The Labute approximate surface area is 169 Å². The van der Waals surface area contributed by atoms with E-state index in [1.165, 1.54) is 0 Å². The average molecular weight is 395 g/mol. The highest BCUT2D eigenvalue weighted by molar-refractivity contribution is 5.81. The summed E-state index contributed by atoms with van der Waals surface area (Å²) in [5.74, 6) is 0.438. The number of ether oxygens (including phenoxy) is 1. The Morgan fingerprint density at radius 1 is 1.21 bits per heavy atom. The molecule has 0 radical (unpaired) electrons. The Kier molecular flexibility index (Phi) is 6.70. The molecular formula is C22H38N2O4. The van der Waals surface area contributed by atoms with E-state index < -0.39 is 6.10 Å². The van der Waals surface area contributed by atoms with Crippen LogP contribution in [0.25, 0.3) is 0 Å². The van der Waals surface area contributed by atoms with Gasteiger partial charge in [-0.05, 0) is 61.7 Å². The Morgan fingerprint density at radius 3 is 2.54 bits per heavy atom. The molecule has 28 heavy (non-hydrogen) atoms. The Balaban J connectivity index is 1.67. The largest absolute Gasteiger partial charge is 0.392 e. The molecule has 0 saturated heterocycles. The zero-order valence-electron chi connectivity index (χ0n) is 17.9. The standard InChI is InChI=1S/C22H38N2O4/c1-13(20(26)23-11-12-28-4)16-7-9-22(3)10-8-17(14(2)18(22)19(16)25)24-21(27)15-5-6-15/h13-19,25H,5-12H2,1-4H3,(H,23,26)(H,24,27)/t13-,14+,16+,17-,18+,19-,22-/m0/s1. The number of hydrogen-bond donors (Lipinski definition) is 3. The van der Waals surface area contributed by atoms with Crippen LogP contribution in [-0.4, -0.2) is 49.3 Å². The number of amides is 2. The molecule has 0 bridgehead atoms. The number of carbonyl (C=O) groups excluding carboxylic acids is 2. The highest BCUT2D eigenvalue weighted by Crippen LogP contribution is 2.55. The van der Waals surface area contributed by atoms with Gasteiger partial charge in [-0.2, -0.15) is 0 Å². The second-order valence-electron chi connectivity index (χ2n) is 9.73. The van der Waals surface area contributed by atoms with Gasteiger partial charge in [0.1, 0.15) is 0 Å². The molecule has 0 aromatic carbocycles. The van der Waals surface area contributed by atoms with Gasteiger partial charge in [-0.15, -0.1) is 0 Å². The molecule has 160 valence electrons. The fourth-order valence-corrected chi connectivity index (χ4v) is 5.78. The second-order valence-corrected chi connectivity index (χ2v) is 9.73. The van der Waals surface area contributed by atoms with Crippen molar-refractivity contribution in [2.24, 2.45) is 35.0 Å². The molecule has 7 atom stereocenters. The first-order chi connectivity index (χ1) is 13.3. The van der Waals surface area contributed by atoms with Crippen LogP contribution >= 0.6 is 0 Å². The monoisotopic (exact) mass is 394 g/mol. The lowest BCUT2D eigenvalue weighted by Crippen LogP contribution is -2.58. The fraction of sp³-hybridized carbons (Fsp3) is 0.909. The molecule has 6 nitrogen and oxygen atoms in total. The Hall–Kier alpha value is -1.14. The smallest absolute Gasteiger partial charge is 0.223 e. The molecule has 3 saturated carbocycles. The third-order valence-corrected chi connectivity index (χ3v) is 7.82. The van der Waals surface area contributed by atoms with Crippen molar-refractivity contribution in [3.05, 3.63) is 0 Å². The SMILES string of the molecule is COCCNC(=O)[C@@H](C)[C@H]1CC[C@@]2(C)CC[C@H](NC(=O)C3CC3)[C@@H](C)[C@@H]2[C@H]1O. The van der Waals surface area contributed by atoms with Gasteiger partial charge in [-0.1, -0.05) is 20.8 Å². The molecule has 3 rings (SSSR count). The van der Waals surface area contributed by atoms with Crippen molar-refractivity contribution in [1.29, 1.82) is 0 Å². The number of aliphatic hydroxyl groups excluding tert-OH is 1. The molecule has 0 aromatic rings. The van der Waals surface area contributed by atoms with E-state index in [9.17, 15) is 14.7 Å². The van der Waals surface area contributed by atoms with Gasteiger partial charge >= 0.3 is 0 Å². The van der Waals surface area contributed by atoms with E-state index in [0.717, 1.165) is 38.5 Å². The van der Waals surface area contributed by atoms with Gasteiger partial charge in [0.2, 0.25) is 11.8 Å². The molecule has 0 spiro atoms. The zero-order valence-corrected chi connectivity index (χ0v) is 17.9. The van der Waals surface area contributed by atoms with Gasteiger partial charge in [0.05, 0.1) is 12.7 Å². The minimum atomic E-state index is -0.516. The summed E-state index contributed by atoms with van der Waals surface area (Å²) in [5, 5.41) is 17.5. The predicted octanol–water partition coefficient (Wildman–Crippen LogP) is 2.10. The minimum Gasteiger partial charge on any atom is -0.392 e. The first-order valence-corrected chi connectivity index (χ1v) is 11.0. The molecule has 3 aliphatic rings. The van der Waals surface area contributed by atoms with E-state index in [1.54, 1.807) is 7.11 Å². The van der Waals surface area contributed by atoms with Crippen LogP contribution in [0.3, 0.4) is 0 Å². The van der Waals surface area contributed by atoms with Crippen LogP contribution < -0.4 is 10.6 Å². The molecule has 3 N–H and O–H groups in total. The summed E-state index contributed by atoms with van der Waals surface area (Å²) in [7, 11) is 1.62. The van der Waals surface area contributed by atoms with E-state index in [-0.39, 0.29) is 52.9 Å². The van der Waals surface area contributed by atoms with Gasteiger partial charge in [0, 0.05) is 31.5 Å². The van der Waals surface area contributed by atoms with Crippen LogP contribution in [0.1, 0.15) is 59.3 Å².